The largest absolute Gasteiger partial charge is 0.462 e. The lowest BCUT2D eigenvalue weighted by Crippen LogP contribution is -2.51. The first kappa shape index (κ1) is 21.5. The predicted molar refractivity (Wildman–Crippen MR) is 109 cm³/mol. The third-order valence-electron chi connectivity index (χ3n) is 5.37. The van der Waals surface area contributed by atoms with Crippen LogP contribution >= 0.6 is 0 Å². The normalized spacial score (nSPS) is 14.0. The summed E-state index contributed by atoms with van der Waals surface area (Å²) in [6.45, 7) is 7.51. The van der Waals surface area contributed by atoms with E-state index in [1.807, 2.05) is 11.5 Å². The molecule has 0 spiro atoms. The molecule has 1 aromatic heterocycles. The van der Waals surface area contributed by atoms with Crippen molar-refractivity contribution in [1.29, 1.82) is 0 Å². The van der Waals surface area contributed by atoms with Gasteiger partial charge in [-0.15, -0.1) is 0 Å². The summed E-state index contributed by atoms with van der Waals surface area (Å²) >= 11 is 0. The van der Waals surface area contributed by atoms with E-state index < -0.39 is 5.97 Å². The van der Waals surface area contributed by atoms with Crippen molar-refractivity contribution in [2.75, 3.05) is 32.8 Å². The number of rotatable bonds is 5. The van der Waals surface area contributed by atoms with Crippen molar-refractivity contribution in [2.24, 2.45) is 0 Å². The van der Waals surface area contributed by atoms with Crippen molar-refractivity contribution in [1.82, 2.24) is 14.4 Å². The highest BCUT2D eigenvalue weighted by atomic mass is 19.1. The fourth-order valence-corrected chi connectivity index (χ4v) is 3.63. The zero-order chi connectivity index (χ0) is 21.8. The smallest absolute Gasteiger partial charge is 0.339 e. The molecule has 3 rings (SSSR count). The molecule has 1 saturated heterocycles. The fraction of sp³-hybridized carbons (Fsp3) is 0.409. The van der Waals surface area contributed by atoms with E-state index in [0.717, 1.165) is 5.69 Å². The molecular weight excluding hydrogens is 389 g/mol. The van der Waals surface area contributed by atoms with Gasteiger partial charge in [-0.1, -0.05) is 0 Å². The van der Waals surface area contributed by atoms with Crippen molar-refractivity contribution in [3.8, 4) is 0 Å². The highest BCUT2D eigenvalue weighted by molar-refractivity contribution is 5.94. The van der Waals surface area contributed by atoms with E-state index in [4.69, 9.17) is 4.74 Å². The Bertz CT molecular complexity index is 944. The lowest BCUT2D eigenvalue weighted by atomic mass is 10.1. The number of hydrogen-bond acceptors (Lipinski definition) is 4. The first-order valence-electron chi connectivity index (χ1n) is 9.98. The molecule has 30 heavy (non-hydrogen) atoms. The number of nitrogens with zero attached hydrogens (tertiary/aromatic N) is 3. The Hall–Kier alpha value is -3.16. The molecule has 0 bridgehead atoms. The van der Waals surface area contributed by atoms with Crippen LogP contribution in [0.3, 0.4) is 0 Å². The molecule has 8 heteroatoms. The second-order valence-corrected chi connectivity index (χ2v) is 7.27. The van der Waals surface area contributed by atoms with E-state index in [1.54, 1.807) is 29.7 Å². The van der Waals surface area contributed by atoms with E-state index in [2.05, 4.69) is 0 Å². The molecule has 1 aliphatic rings. The molecule has 0 N–H and O–H groups in total. The number of piperazine rings is 1. The van der Waals surface area contributed by atoms with Gasteiger partial charge in [-0.25, -0.2) is 9.18 Å². The second-order valence-electron chi connectivity index (χ2n) is 7.27. The van der Waals surface area contributed by atoms with Gasteiger partial charge >= 0.3 is 5.97 Å². The number of aryl methyl sites for hydroxylation is 1. The fourth-order valence-electron chi connectivity index (χ4n) is 3.63. The third kappa shape index (κ3) is 4.53. The summed E-state index contributed by atoms with van der Waals surface area (Å²) in [7, 11) is 0. The first-order chi connectivity index (χ1) is 14.3. The van der Waals surface area contributed by atoms with Gasteiger partial charge in [-0.05, 0) is 51.1 Å². The van der Waals surface area contributed by atoms with Crippen molar-refractivity contribution in [3.05, 3.63) is 58.7 Å². The summed E-state index contributed by atoms with van der Waals surface area (Å²) in [6.07, 6.45) is 0. The number of ether oxygens (including phenoxy) is 1. The van der Waals surface area contributed by atoms with Crippen LogP contribution in [-0.4, -0.2) is 64.9 Å². The van der Waals surface area contributed by atoms with Gasteiger partial charge in [0.1, 0.15) is 12.4 Å². The van der Waals surface area contributed by atoms with Gasteiger partial charge in [0.05, 0.1) is 12.2 Å². The molecule has 0 atom stereocenters. The van der Waals surface area contributed by atoms with Crippen molar-refractivity contribution >= 4 is 17.8 Å². The molecule has 1 fully saturated rings. The molecule has 7 nitrogen and oxygen atoms in total. The number of aromatic nitrogens is 1. The molecule has 0 aliphatic carbocycles. The second kappa shape index (κ2) is 9.11. The Kier molecular flexibility index (Phi) is 6.54. The quantitative estimate of drug-likeness (QED) is 0.703. The molecular formula is C22H26FN3O4. The Labute approximate surface area is 175 Å². The van der Waals surface area contributed by atoms with Gasteiger partial charge in [0.2, 0.25) is 5.91 Å². The number of hydrogen-bond donors (Lipinski definition) is 0. The van der Waals surface area contributed by atoms with Crippen LogP contribution in [0, 0.1) is 19.7 Å². The SMILES string of the molecule is CCOC(=O)c1cc(C)n(CC(=O)N2CCN(C(=O)c3ccc(F)cc3)CC2)c1C. The van der Waals surface area contributed by atoms with Crippen LogP contribution in [0.1, 0.15) is 39.0 Å². The van der Waals surface area contributed by atoms with E-state index in [0.29, 0.717) is 49.6 Å². The van der Waals surface area contributed by atoms with Crippen LogP contribution in [0.4, 0.5) is 4.39 Å². The van der Waals surface area contributed by atoms with Gasteiger partial charge < -0.3 is 19.1 Å². The van der Waals surface area contributed by atoms with Crippen LogP contribution < -0.4 is 0 Å². The summed E-state index contributed by atoms with van der Waals surface area (Å²) in [5.41, 5.74) is 2.41. The van der Waals surface area contributed by atoms with Crippen molar-refractivity contribution < 1.29 is 23.5 Å². The monoisotopic (exact) mass is 415 g/mol. The minimum Gasteiger partial charge on any atom is -0.462 e. The van der Waals surface area contributed by atoms with Crippen LogP contribution in [0.5, 0.6) is 0 Å². The highest BCUT2D eigenvalue weighted by Gasteiger charge is 2.26. The summed E-state index contributed by atoms with van der Waals surface area (Å²) in [5.74, 6) is -1.01. The number of halogens is 1. The third-order valence-corrected chi connectivity index (χ3v) is 5.37. The van der Waals surface area contributed by atoms with E-state index in [9.17, 15) is 18.8 Å². The van der Waals surface area contributed by atoms with Crippen molar-refractivity contribution in [3.63, 3.8) is 0 Å². The molecule has 0 unspecified atom stereocenters. The van der Waals surface area contributed by atoms with Gasteiger partial charge in [-0.2, -0.15) is 0 Å². The Morgan fingerprint density at radius 3 is 2.20 bits per heavy atom. The minimum absolute atomic E-state index is 0.0684. The first-order valence-corrected chi connectivity index (χ1v) is 9.98. The summed E-state index contributed by atoms with van der Waals surface area (Å²) in [6, 6.07) is 7.19. The summed E-state index contributed by atoms with van der Waals surface area (Å²) in [5, 5.41) is 0. The number of benzene rings is 1. The van der Waals surface area contributed by atoms with Gasteiger partial charge in [0.25, 0.3) is 5.91 Å². The number of carbonyl (C=O) groups excluding carboxylic acids is 3. The molecule has 2 aromatic rings. The maximum atomic E-state index is 13.1. The number of esters is 1. The summed E-state index contributed by atoms with van der Waals surface area (Å²) in [4.78, 5) is 40.8. The van der Waals surface area contributed by atoms with Crippen LogP contribution in [0.15, 0.2) is 30.3 Å². The number of amides is 2. The molecule has 2 amide bonds. The molecule has 1 aromatic carbocycles. The minimum atomic E-state index is -0.391. The maximum Gasteiger partial charge on any atom is 0.339 e. The Morgan fingerprint density at radius 2 is 1.60 bits per heavy atom. The zero-order valence-electron chi connectivity index (χ0n) is 17.5. The zero-order valence-corrected chi connectivity index (χ0v) is 17.5. The molecule has 160 valence electrons. The van der Waals surface area contributed by atoms with E-state index in [1.165, 1.54) is 24.3 Å². The molecule has 2 heterocycles. The van der Waals surface area contributed by atoms with Gasteiger partial charge in [0.15, 0.2) is 0 Å². The van der Waals surface area contributed by atoms with E-state index in [-0.39, 0.29) is 24.2 Å². The van der Waals surface area contributed by atoms with Gasteiger partial charge in [0, 0.05) is 43.1 Å². The average Bonchev–Trinajstić information content (AvgIpc) is 3.02. The van der Waals surface area contributed by atoms with Crippen LogP contribution in [0.25, 0.3) is 0 Å². The molecule has 0 saturated carbocycles. The Balaban J connectivity index is 1.60. The van der Waals surface area contributed by atoms with Crippen LogP contribution in [0.2, 0.25) is 0 Å². The van der Waals surface area contributed by atoms with Crippen molar-refractivity contribution in [2.45, 2.75) is 27.3 Å². The van der Waals surface area contributed by atoms with E-state index >= 15 is 0 Å². The lowest BCUT2D eigenvalue weighted by Gasteiger charge is -2.35. The Morgan fingerprint density at radius 1 is 1.00 bits per heavy atom. The van der Waals surface area contributed by atoms with Gasteiger partial charge in [-0.3, -0.25) is 9.59 Å². The average molecular weight is 415 g/mol. The standard InChI is InChI=1S/C22H26FN3O4/c1-4-30-22(29)19-13-15(2)26(16(19)3)14-20(27)24-9-11-25(12-10-24)21(28)17-5-7-18(23)8-6-17/h5-8,13H,4,9-12,14H2,1-3H3. The highest BCUT2D eigenvalue weighted by Crippen LogP contribution is 2.17. The molecule has 1 aliphatic heterocycles. The lowest BCUT2D eigenvalue weighted by molar-refractivity contribution is -0.133. The predicted octanol–water partition coefficient (Wildman–Crippen LogP) is 2.41. The maximum absolute atomic E-state index is 13.1. The molecule has 0 radical (unpaired) electrons. The van der Waals surface area contributed by atoms with Crippen LogP contribution in [-0.2, 0) is 16.1 Å². The topological polar surface area (TPSA) is 71.8 Å². The summed E-state index contributed by atoms with van der Waals surface area (Å²) < 4.78 is 19.9. The number of carbonyl (C=O) groups is 3.